The summed E-state index contributed by atoms with van der Waals surface area (Å²) in [6.07, 6.45) is 3.61. The molecular formula is C11H16N2O2S. The molecule has 0 amide bonds. The van der Waals surface area contributed by atoms with E-state index in [1.165, 1.54) is 5.75 Å². The number of nitrogens with zero attached hydrogens (tertiary/aromatic N) is 1. The number of carboxylic acid groups (broad SMARTS) is 1. The molecular weight excluding hydrogens is 224 g/mol. The van der Waals surface area contributed by atoms with Gasteiger partial charge in [0.15, 0.2) is 0 Å². The highest BCUT2D eigenvalue weighted by Crippen LogP contribution is 2.36. The zero-order valence-corrected chi connectivity index (χ0v) is 10.1. The van der Waals surface area contributed by atoms with E-state index >= 15 is 0 Å². The maximum atomic E-state index is 10.5. The number of aromatic amines is 1. The number of rotatable bonds is 4. The Morgan fingerprint density at radius 1 is 1.75 bits per heavy atom. The van der Waals surface area contributed by atoms with Crippen LogP contribution in [0.25, 0.3) is 0 Å². The lowest BCUT2D eigenvalue weighted by molar-refractivity contribution is -0.136. The second kappa shape index (κ2) is 4.49. The van der Waals surface area contributed by atoms with Gasteiger partial charge in [0.1, 0.15) is 5.82 Å². The van der Waals surface area contributed by atoms with Crippen LogP contribution in [0.3, 0.4) is 0 Å². The van der Waals surface area contributed by atoms with E-state index in [-0.39, 0.29) is 11.8 Å². The Labute approximate surface area is 98.9 Å². The van der Waals surface area contributed by atoms with Crippen LogP contribution < -0.4 is 0 Å². The first-order chi connectivity index (χ1) is 7.60. The number of carboxylic acids is 1. The summed E-state index contributed by atoms with van der Waals surface area (Å²) in [5.74, 6) is 2.53. The number of imidazole rings is 1. The second-order valence-electron chi connectivity index (χ2n) is 4.51. The second-order valence-corrected chi connectivity index (χ2v) is 5.62. The van der Waals surface area contributed by atoms with Crippen molar-refractivity contribution < 1.29 is 9.90 Å². The summed E-state index contributed by atoms with van der Waals surface area (Å²) in [6, 6.07) is 0. The third-order valence-corrected chi connectivity index (χ3v) is 4.36. The molecule has 2 heterocycles. The normalized spacial score (nSPS) is 24.8. The Kier molecular flexibility index (Phi) is 3.23. The maximum Gasteiger partial charge on any atom is 0.303 e. The predicted octanol–water partition coefficient (Wildman–Crippen LogP) is 1.82. The van der Waals surface area contributed by atoms with Crippen LogP contribution in [0.15, 0.2) is 6.20 Å². The molecule has 1 aromatic heterocycles. The summed E-state index contributed by atoms with van der Waals surface area (Å²) in [4.78, 5) is 18.1. The standard InChI is InChI=1S/C11H16N2O2S/c1-11(4-5-16-7-11)10-12-6-8(13-10)2-3-9(14)15/h6H,2-5,7H2,1H3,(H,12,13)(H,14,15). The van der Waals surface area contributed by atoms with Crippen LogP contribution in [0, 0.1) is 0 Å². The molecule has 0 bridgehead atoms. The molecule has 1 fully saturated rings. The smallest absolute Gasteiger partial charge is 0.303 e. The molecule has 1 atom stereocenters. The molecule has 5 heteroatoms. The molecule has 16 heavy (non-hydrogen) atoms. The summed E-state index contributed by atoms with van der Waals surface area (Å²) < 4.78 is 0. The van der Waals surface area contributed by atoms with Crippen molar-refractivity contribution in [3.8, 4) is 0 Å². The molecule has 1 saturated heterocycles. The van der Waals surface area contributed by atoms with E-state index in [9.17, 15) is 4.79 Å². The van der Waals surface area contributed by atoms with Gasteiger partial charge in [-0.3, -0.25) is 4.79 Å². The van der Waals surface area contributed by atoms with Gasteiger partial charge >= 0.3 is 5.97 Å². The van der Waals surface area contributed by atoms with Crippen LogP contribution in [0.4, 0.5) is 0 Å². The molecule has 0 aliphatic carbocycles. The lowest BCUT2D eigenvalue weighted by Crippen LogP contribution is -2.22. The first-order valence-corrected chi connectivity index (χ1v) is 6.59. The Morgan fingerprint density at radius 2 is 2.56 bits per heavy atom. The van der Waals surface area contributed by atoms with Crippen molar-refractivity contribution in [3.05, 3.63) is 17.7 Å². The van der Waals surface area contributed by atoms with E-state index < -0.39 is 5.97 Å². The molecule has 0 radical (unpaired) electrons. The van der Waals surface area contributed by atoms with Crippen LogP contribution in [0.5, 0.6) is 0 Å². The van der Waals surface area contributed by atoms with E-state index in [4.69, 9.17) is 5.11 Å². The third kappa shape index (κ3) is 2.40. The molecule has 2 N–H and O–H groups in total. The average molecular weight is 240 g/mol. The first kappa shape index (κ1) is 11.5. The Balaban J connectivity index is 2.04. The zero-order chi connectivity index (χ0) is 11.6. The van der Waals surface area contributed by atoms with Crippen molar-refractivity contribution in [2.24, 2.45) is 0 Å². The monoisotopic (exact) mass is 240 g/mol. The quantitative estimate of drug-likeness (QED) is 0.842. The van der Waals surface area contributed by atoms with Crippen molar-refractivity contribution in [3.63, 3.8) is 0 Å². The van der Waals surface area contributed by atoms with Crippen molar-refractivity contribution in [2.45, 2.75) is 31.6 Å². The Morgan fingerprint density at radius 3 is 3.19 bits per heavy atom. The van der Waals surface area contributed by atoms with Crippen molar-refractivity contribution in [2.75, 3.05) is 11.5 Å². The van der Waals surface area contributed by atoms with Crippen LogP contribution in [-0.4, -0.2) is 32.5 Å². The summed E-state index contributed by atoms with van der Waals surface area (Å²) in [5.41, 5.74) is 1.07. The highest BCUT2D eigenvalue weighted by molar-refractivity contribution is 7.99. The molecule has 0 saturated carbocycles. The van der Waals surface area contributed by atoms with E-state index in [0.717, 1.165) is 23.7 Å². The van der Waals surface area contributed by atoms with E-state index in [0.29, 0.717) is 6.42 Å². The van der Waals surface area contributed by atoms with Gasteiger partial charge in [-0.15, -0.1) is 0 Å². The van der Waals surface area contributed by atoms with Crippen molar-refractivity contribution in [1.82, 2.24) is 9.97 Å². The minimum Gasteiger partial charge on any atom is -0.481 e. The van der Waals surface area contributed by atoms with Gasteiger partial charge < -0.3 is 10.1 Å². The molecule has 1 aliphatic rings. The van der Waals surface area contributed by atoms with Gasteiger partial charge in [0.05, 0.1) is 6.42 Å². The lowest BCUT2D eigenvalue weighted by atomic mass is 9.89. The van der Waals surface area contributed by atoms with Crippen LogP contribution in [0.1, 0.15) is 31.3 Å². The van der Waals surface area contributed by atoms with Gasteiger partial charge in [-0.25, -0.2) is 4.98 Å². The fraction of sp³-hybridized carbons (Fsp3) is 0.636. The highest BCUT2D eigenvalue weighted by atomic mass is 32.2. The summed E-state index contributed by atoms with van der Waals surface area (Å²) in [5, 5.41) is 8.61. The Hall–Kier alpha value is -0.970. The highest BCUT2D eigenvalue weighted by Gasteiger charge is 2.33. The molecule has 0 spiro atoms. The maximum absolute atomic E-state index is 10.5. The van der Waals surface area contributed by atoms with E-state index in [1.807, 2.05) is 11.8 Å². The number of H-pyrrole nitrogens is 1. The van der Waals surface area contributed by atoms with Gasteiger partial charge in [-0.2, -0.15) is 11.8 Å². The number of nitrogens with one attached hydrogen (secondary N) is 1. The third-order valence-electron chi connectivity index (χ3n) is 3.03. The summed E-state index contributed by atoms with van der Waals surface area (Å²) in [7, 11) is 0. The van der Waals surface area contributed by atoms with Gasteiger partial charge in [-0.1, -0.05) is 6.92 Å². The number of hydrogen-bond acceptors (Lipinski definition) is 3. The number of aromatic nitrogens is 2. The molecule has 1 aromatic rings. The summed E-state index contributed by atoms with van der Waals surface area (Å²) in [6.45, 7) is 2.22. The number of aryl methyl sites for hydroxylation is 1. The topological polar surface area (TPSA) is 66.0 Å². The average Bonchev–Trinajstić information content (AvgIpc) is 2.84. The van der Waals surface area contributed by atoms with Gasteiger partial charge in [0.25, 0.3) is 0 Å². The SMILES string of the molecule is CC1(c2ncc(CCC(=O)O)[nH]2)CCSC1. The van der Waals surface area contributed by atoms with E-state index in [2.05, 4.69) is 16.9 Å². The van der Waals surface area contributed by atoms with Gasteiger partial charge in [0.2, 0.25) is 0 Å². The van der Waals surface area contributed by atoms with Gasteiger partial charge in [-0.05, 0) is 18.6 Å². The van der Waals surface area contributed by atoms with Gasteiger partial charge in [0, 0.05) is 23.1 Å². The summed E-state index contributed by atoms with van der Waals surface area (Å²) >= 11 is 1.95. The van der Waals surface area contributed by atoms with E-state index in [1.54, 1.807) is 6.20 Å². The fourth-order valence-corrected chi connectivity index (χ4v) is 3.36. The molecule has 88 valence electrons. The van der Waals surface area contributed by atoms with Crippen LogP contribution in [-0.2, 0) is 16.6 Å². The lowest BCUT2D eigenvalue weighted by Gasteiger charge is -2.19. The number of thioether (sulfide) groups is 1. The largest absolute Gasteiger partial charge is 0.481 e. The van der Waals surface area contributed by atoms with Crippen molar-refractivity contribution >= 4 is 17.7 Å². The molecule has 1 unspecified atom stereocenters. The molecule has 0 aromatic carbocycles. The number of carbonyl (C=O) groups is 1. The number of hydrogen-bond donors (Lipinski definition) is 2. The molecule has 2 rings (SSSR count). The fourth-order valence-electron chi connectivity index (χ4n) is 1.89. The molecule has 1 aliphatic heterocycles. The molecule has 4 nitrogen and oxygen atoms in total. The zero-order valence-electron chi connectivity index (χ0n) is 9.32. The minimum absolute atomic E-state index is 0.145. The van der Waals surface area contributed by atoms with Crippen LogP contribution >= 0.6 is 11.8 Å². The van der Waals surface area contributed by atoms with Crippen LogP contribution in [0.2, 0.25) is 0 Å². The minimum atomic E-state index is -0.765. The Bertz CT molecular complexity index is 383. The van der Waals surface area contributed by atoms with Crippen molar-refractivity contribution in [1.29, 1.82) is 0 Å². The number of aliphatic carboxylic acids is 1. The first-order valence-electron chi connectivity index (χ1n) is 5.44. The predicted molar refractivity (Wildman–Crippen MR) is 63.8 cm³/mol.